The number of aryl methyl sites for hydroxylation is 2. The van der Waals surface area contributed by atoms with Crippen LogP contribution in [0.25, 0.3) is 5.95 Å². The molecule has 0 radical (unpaired) electrons. The number of aromatic carboxylic acids is 1. The van der Waals surface area contributed by atoms with Crippen LogP contribution in [0.3, 0.4) is 0 Å². The Morgan fingerprint density at radius 2 is 1.90 bits per heavy atom. The summed E-state index contributed by atoms with van der Waals surface area (Å²) in [6.07, 6.45) is 1.66. The van der Waals surface area contributed by atoms with Crippen LogP contribution in [0.5, 0.6) is 0 Å². The Kier molecular flexibility index (Phi) is 5.88. The van der Waals surface area contributed by atoms with Crippen LogP contribution in [0.4, 0.5) is 11.4 Å². The van der Waals surface area contributed by atoms with Gasteiger partial charge < -0.3 is 5.11 Å². The van der Waals surface area contributed by atoms with Crippen LogP contribution in [-0.2, 0) is 6.42 Å². The van der Waals surface area contributed by atoms with Gasteiger partial charge in [-0.25, -0.2) is 9.78 Å². The minimum atomic E-state index is -1.03. The average Bonchev–Trinajstić information content (AvgIpc) is 2.97. The van der Waals surface area contributed by atoms with Gasteiger partial charge in [0.2, 0.25) is 0 Å². The van der Waals surface area contributed by atoms with E-state index in [4.69, 9.17) is 16.7 Å². The van der Waals surface area contributed by atoms with E-state index < -0.39 is 11.5 Å². The fourth-order valence-corrected chi connectivity index (χ4v) is 3.06. The van der Waals surface area contributed by atoms with Crippen molar-refractivity contribution in [2.24, 2.45) is 10.2 Å². The molecule has 1 aromatic carbocycles. The number of nitrogens with one attached hydrogen (secondary N) is 1. The van der Waals surface area contributed by atoms with Crippen molar-refractivity contribution in [3.8, 4) is 5.95 Å². The maximum atomic E-state index is 12.8. The van der Waals surface area contributed by atoms with Crippen molar-refractivity contribution in [2.45, 2.75) is 33.6 Å². The predicted molar refractivity (Wildman–Crippen MR) is 108 cm³/mol. The zero-order chi connectivity index (χ0) is 21.1. The molecule has 10 heteroatoms. The molecule has 3 aromatic rings. The van der Waals surface area contributed by atoms with Crippen LogP contribution >= 0.6 is 11.6 Å². The fourth-order valence-electron chi connectivity index (χ4n) is 2.76. The summed E-state index contributed by atoms with van der Waals surface area (Å²) < 4.78 is 1.17. The van der Waals surface area contributed by atoms with Gasteiger partial charge >= 0.3 is 11.5 Å². The summed E-state index contributed by atoms with van der Waals surface area (Å²) >= 11 is 6.27. The molecule has 0 aliphatic rings. The van der Waals surface area contributed by atoms with Crippen molar-refractivity contribution in [3.63, 3.8) is 0 Å². The number of aromatic amines is 1. The van der Waals surface area contributed by atoms with Gasteiger partial charge in [0, 0.05) is 11.3 Å². The van der Waals surface area contributed by atoms with Crippen LogP contribution < -0.4 is 5.56 Å². The van der Waals surface area contributed by atoms with E-state index in [1.807, 2.05) is 13.8 Å². The van der Waals surface area contributed by atoms with E-state index in [0.717, 1.165) is 18.4 Å². The van der Waals surface area contributed by atoms with E-state index in [0.29, 0.717) is 22.2 Å². The van der Waals surface area contributed by atoms with Crippen molar-refractivity contribution in [2.75, 3.05) is 0 Å². The van der Waals surface area contributed by atoms with Gasteiger partial charge in [-0.3, -0.25) is 9.89 Å². The van der Waals surface area contributed by atoms with Gasteiger partial charge in [0.05, 0.1) is 16.9 Å². The van der Waals surface area contributed by atoms with Gasteiger partial charge in [-0.15, -0.1) is 5.11 Å². The van der Waals surface area contributed by atoms with Crippen LogP contribution in [0.15, 0.2) is 39.3 Å². The van der Waals surface area contributed by atoms with Crippen molar-refractivity contribution in [3.05, 3.63) is 62.3 Å². The van der Waals surface area contributed by atoms with E-state index in [1.165, 1.54) is 28.9 Å². The SMILES string of the molecule is CCCc1c(C)nc(-n2[nH]c(C)c(N=Nc3ccc(C(=O)O)cc3)c2=O)nc1Cl. The maximum absolute atomic E-state index is 12.8. The van der Waals surface area contributed by atoms with E-state index >= 15 is 0 Å². The number of hydrogen-bond acceptors (Lipinski definition) is 6. The first-order chi connectivity index (χ1) is 13.8. The zero-order valence-corrected chi connectivity index (χ0v) is 16.9. The lowest BCUT2D eigenvalue weighted by Crippen LogP contribution is -2.18. The molecule has 0 aliphatic heterocycles. The summed E-state index contributed by atoms with van der Waals surface area (Å²) in [4.78, 5) is 32.3. The maximum Gasteiger partial charge on any atom is 0.335 e. The summed E-state index contributed by atoms with van der Waals surface area (Å²) in [5.74, 6) is -0.899. The highest BCUT2D eigenvalue weighted by atomic mass is 35.5. The smallest absolute Gasteiger partial charge is 0.335 e. The van der Waals surface area contributed by atoms with Gasteiger partial charge in [-0.1, -0.05) is 24.9 Å². The molecule has 29 heavy (non-hydrogen) atoms. The van der Waals surface area contributed by atoms with Crippen molar-refractivity contribution in [1.82, 2.24) is 19.7 Å². The molecule has 0 bridgehead atoms. The van der Waals surface area contributed by atoms with Crippen molar-refractivity contribution in [1.29, 1.82) is 0 Å². The first-order valence-corrected chi connectivity index (χ1v) is 9.29. The number of azo groups is 1. The second-order valence-corrected chi connectivity index (χ2v) is 6.76. The lowest BCUT2D eigenvalue weighted by molar-refractivity contribution is 0.0697. The predicted octanol–water partition coefficient (Wildman–Crippen LogP) is 4.29. The Labute approximate surface area is 171 Å². The highest BCUT2D eigenvalue weighted by molar-refractivity contribution is 6.30. The minimum Gasteiger partial charge on any atom is -0.478 e. The molecule has 0 fully saturated rings. The first kappa shape index (κ1) is 20.4. The average molecular weight is 415 g/mol. The Balaban J connectivity index is 1.95. The number of benzene rings is 1. The molecule has 0 aliphatic carbocycles. The van der Waals surface area contributed by atoms with Gasteiger partial charge in [-0.2, -0.15) is 14.8 Å². The zero-order valence-electron chi connectivity index (χ0n) is 16.1. The largest absolute Gasteiger partial charge is 0.478 e. The number of carboxylic acids is 1. The van der Waals surface area contributed by atoms with E-state index in [2.05, 4.69) is 25.3 Å². The minimum absolute atomic E-state index is 0.0994. The third-order valence-electron chi connectivity index (χ3n) is 4.27. The molecule has 2 heterocycles. The fraction of sp³-hybridized carbons (Fsp3) is 0.263. The van der Waals surface area contributed by atoms with Crippen molar-refractivity contribution < 1.29 is 9.90 Å². The van der Waals surface area contributed by atoms with Crippen LogP contribution in [-0.4, -0.2) is 30.8 Å². The molecule has 0 amide bonds. The Morgan fingerprint density at radius 1 is 1.21 bits per heavy atom. The molecule has 0 spiro atoms. The topological polar surface area (TPSA) is 126 Å². The monoisotopic (exact) mass is 414 g/mol. The second-order valence-electron chi connectivity index (χ2n) is 6.41. The molecule has 9 nitrogen and oxygen atoms in total. The first-order valence-electron chi connectivity index (χ1n) is 8.92. The van der Waals surface area contributed by atoms with E-state index in [9.17, 15) is 9.59 Å². The molecular weight excluding hydrogens is 396 g/mol. The molecule has 0 atom stereocenters. The number of halogens is 1. The summed E-state index contributed by atoms with van der Waals surface area (Å²) in [6.45, 7) is 5.54. The summed E-state index contributed by atoms with van der Waals surface area (Å²) in [5.41, 5.74) is 2.24. The molecule has 0 unspecified atom stereocenters. The molecular formula is C19H19ClN6O3. The quantitative estimate of drug-likeness (QED) is 0.459. The second kappa shape index (κ2) is 8.36. The Bertz CT molecular complexity index is 1120. The van der Waals surface area contributed by atoms with Gasteiger partial charge in [0.25, 0.3) is 5.95 Å². The number of carbonyl (C=O) groups is 1. The molecule has 0 saturated heterocycles. The van der Waals surface area contributed by atoms with Gasteiger partial charge in [-0.05, 0) is 44.5 Å². The molecule has 3 rings (SSSR count). The normalized spacial score (nSPS) is 11.3. The number of nitrogens with zero attached hydrogens (tertiary/aromatic N) is 5. The van der Waals surface area contributed by atoms with Crippen LogP contribution in [0.2, 0.25) is 5.15 Å². The number of aromatic nitrogens is 4. The highest BCUT2D eigenvalue weighted by Crippen LogP contribution is 2.21. The van der Waals surface area contributed by atoms with E-state index in [1.54, 1.807) is 6.92 Å². The third-order valence-corrected chi connectivity index (χ3v) is 4.58. The summed E-state index contributed by atoms with van der Waals surface area (Å²) in [7, 11) is 0. The number of carboxylic acid groups (broad SMARTS) is 1. The molecule has 2 N–H and O–H groups in total. The highest BCUT2D eigenvalue weighted by Gasteiger charge is 2.17. The van der Waals surface area contributed by atoms with Crippen LogP contribution in [0.1, 0.15) is 40.7 Å². The molecule has 150 valence electrons. The van der Waals surface area contributed by atoms with Gasteiger partial charge in [0.1, 0.15) is 5.15 Å². The standard InChI is InChI=1S/C19H19ClN6O3/c1-4-5-14-10(2)21-19(22-16(14)20)26-17(27)15(11(3)25-26)24-23-13-8-6-12(7-9-13)18(28)29/h6-9,25H,4-5H2,1-3H3,(H,28,29). The molecule has 2 aromatic heterocycles. The lowest BCUT2D eigenvalue weighted by Gasteiger charge is -2.08. The lowest BCUT2D eigenvalue weighted by atomic mass is 10.1. The summed E-state index contributed by atoms with van der Waals surface area (Å²) in [5, 5.41) is 20.2. The van der Waals surface area contributed by atoms with Crippen molar-refractivity contribution >= 4 is 28.9 Å². The Hall–Kier alpha value is -3.33. The Morgan fingerprint density at radius 3 is 2.48 bits per heavy atom. The van der Waals surface area contributed by atoms with E-state index in [-0.39, 0.29) is 17.2 Å². The number of rotatable bonds is 6. The molecule has 0 saturated carbocycles. The summed E-state index contributed by atoms with van der Waals surface area (Å²) in [6, 6.07) is 5.84. The van der Waals surface area contributed by atoms with Gasteiger partial charge in [0.15, 0.2) is 5.69 Å². The number of hydrogen-bond donors (Lipinski definition) is 2. The number of H-pyrrole nitrogens is 1. The van der Waals surface area contributed by atoms with Crippen LogP contribution in [0, 0.1) is 13.8 Å². The third kappa shape index (κ3) is 4.24.